The van der Waals surface area contributed by atoms with E-state index in [1.165, 1.54) is 17.7 Å². The molecule has 1 unspecified atom stereocenters. The van der Waals surface area contributed by atoms with Crippen molar-refractivity contribution in [2.75, 3.05) is 23.4 Å². The van der Waals surface area contributed by atoms with Crippen molar-refractivity contribution in [2.24, 2.45) is 0 Å². The Labute approximate surface area is 177 Å². The van der Waals surface area contributed by atoms with Crippen LogP contribution in [0.5, 0.6) is 5.75 Å². The maximum atomic E-state index is 12.8. The van der Waals surface area contributed by atoms with E-state index in [1.54, 1.807) is 24.3 Å². The first-order valence-corrected chi connectivity index (χ1v) is 10.7. The maximum Gasteiger partial charge on any atom is 0.256 e. The second kappa shape index (κ2) is 10.8. The molecular formula is C24H30N2O4. The summed E-state index contributed by atoms with van der Waals surface area (Å²) in [4.78, 5) is 26.6. The van der Waals surface area contributed by atoms with Gasteiger partial charge in [-0.15, -0.1) is 0 Å². The van der Waals surface area contributed by atoms with Gasteiger partial charge in [0.1, 0.15) is 11.8 Å². The highest BCUT2D eigenvalue weighted by Gasteiger charge is 2.39. The molecule has 0 spiro atoms. The van der Waals surface area contributed by atoms with Gasteiger partial charge >= 0.3 is 0 Å². The van der Waals surface area contributed by atoms with Crippen molar-refractivity contribution < 1.29 is 19.4 Å². The Balaban J connectivity index is 1.57. The average molecular weight is 411 g/mol. The number of anilines is 2. The molecular weight excluding hydrogens is 380 g/mol. The number of aliphatic hydroxyl groups is 1. The van der Waals surface area contributed by atoms with E-state index in [0.29, 0.717) is 18.7 Å². The summed E-state index contributed by atoms with van der Waals surface area (Å²) >= 11 is 0. The summed E-state index contributed by atoms with van der Waals surface area (Å²) in [7, 11) is 0. The van der Waals surface area contributed by atoms with E-state index in [0.717, 1.165) is 29.8 Å². The predicted octanol–water partition coefficient (Wildman–Crippen LogP) is 3.92. The highest BCUT2D eigenvalue weighted by molar-refractivity contribution is 6.23. The monoisotopic (exact) mass is 410 g/mol. The van der Waals surface area contributed by atoms with Gasteiger partial charge in [0.05, 0.1) is 18.7 Å². The molecule has 2 amide bonds. The maximum absolute atomic E-state index is 12.8. The van der Waals surface area contributed by atoms with Crippen molar-refractivity contribution >= 4 is 23.2 Å². The zero-order valence-corrected chi connectivity index (χ0v) is 17.5. The van der Waals surface area contributed by atoms with Crippen LogP contribution >= 0.6 is 0 Å². The molecule has 1 aliphatic rings. The molecule has 0 bridgehead atoms. The van der Waals surface area contributed by atoms with E-state index in [2.05, 4.69) is 12.2 Å². The standard InChI is InChI=1S/C24H30N2O4/c1-2-3-4-5-16-30-21-12-10-20(11-13-21)26-23(28)17-22(24(26)29)25-19-8-6-18(7-9-19)14-15-27/h6-13,22,25,27H,2-5,14-17H2,1H3. The molecule has 6 nitrogen and oxygen atoms in total. The lowest BCUT2D eigenvalue weighted by molar-refractivity contribution is -0.121. The van der Waals surface area contributed by atoms with E-state index in [4.69, 9.17) is 9.84 Å². The zero-order chi connectivity index (χ0) is 21.3. The van der Waals surface area contributed by atoms with E-state index < -0.39 is 6.04 Å². The van der Waals surface area contributed by atoms with Crippen LogP contribution in [0.4, 0.5) is 11.4 Å². The zero-order valence-electron chi connectivity index (χ0n) is 17.5. The third-order valence-electron chi connectivity index (χ3n) is 5.20. The quantitative estimate of drug-likeness (QED) is 0.434. The average Bonchev–Trinajstić information content (AvgIpc) is 3.03. The number of carbonyl (C=O) groups is 2. The highest BCUT2D eigenvalue weighted by Crippen LogP contribution is 2.27. The van der Waals surface area contributed by atoms with Crippen LogP contribution in [0.3, 0.4) is 0 Å². The van der Waals surface area contributed by atoms with Gasteiger partial charge in [-0.1, -0.05) is 38.3 Å². The minimum Gasteiger partial charge on any atom is -0.494 e. The van der Waals surface area contributed by atoms with Crippen LogP contribution < -0.4 is 15.0 Å². The minimum atomic E-state index is -0.587. The molecule has 2 N–H and O–H groups in total. The topological polar surface area (TPSA) is 78.9 Å². The molecule has 30 heavy (non-hydrogen) atoms. The summed E-state index contributed by atoms with van der Waals surface area (Å²) in [6.45, 7) is 2.94. The van der Waals surface area contributed by atoms with E-state index >= 15 is 0 Å². The van der Waals surface area contributed by atoms with Crippen molar-refractivity contribution in [2.45, 2.75) is 51.5 Å². The van der Waals surface area contributed by atoms with Crippen molar-refractivity contribution in [3.8, 4) is 5.75 Å². The number of aliphatic hydroxyl groups excluding tert-OH is 1. The summed E-state index contributed by atoms with van der Waals surface area (Å²) < 4.78 is 5.73. The molecule has 0 aliphatic carbocycles. The van der Waals surface area contributed by atoms with E-state index in [-0.39, 0.29) is 24.8 Å². The second-order valence-corrected chi connectivity index (χ2v) is 7.54. The number of rotatable bonds is 11. The molecule has 1 fully saturated rings. The fraction of sp³-hybridized carbons (Fsp3) is 0.417. The number of hydrogen-bond acceptors (Lipinski definition) is 5. The first-order valence-electron chi connectivity index (χ1n) is 10.7. The van der Waals surface area contributed by atoms with Gasteiger partial charge < -0.3 is 15.2 Å². The summed E-state index contributed by atoms with van der Waals surface area (Å²) in [6, 6.07) is 14.0. The lowest BCUT2D eigenvalue weighted by atomic mass is 10.1. The third kappa shape index (κ3) is 5.60. The normalized spacial score (nSPS) is 16.2. The number of nitrogens with zero attached hydrogens (tertiary/aromatic N) is 1. The fourth-order valence-electron chi connectivity index (χ4n) is 3.52. The minimum absolute atomic E-state index is 0.0973. The first kappa shape index (κ1) is 21.8. The van der Waals surface area contributed by atoms with Crippen LogP contribution in [0.25, 0.3) is 0 Å². The van der Waals surface area contributed by atoms with Crippen LogP contribution in [-0.4, -0.2) is 36.2 Å². The van der Waals surface area contributed by atoms with Crippen LogP contribution in [0, 0.1) is 0 Å². The number of ether oxygens (including phenoxy) is 1. The largest absolute Gasteiger partial charge is 0.494 e. The second-order valence-electron chi connectivity index (χ2n) is 7.54. The number of nitrogens with one attached hydrogen (secondary N) is 1. The fourth-order valence-corrected chi connectivity index (χ4v) is 3.52. The van der Waals surface area contributed by atoms with E-state index in [1.807, 2.05) is 24.3 Å². The molecule has 0 saturated carbocycles. The molecule has 0 aromatic heterocycles. The lowest BCUT2D eigenvalue weighted by Crippen LogP contribution is -2.34. The Bertz CT molecular complexity index is 833. The Morgan fingerprint density at radius 3 is 2.43 bits per heavy atom. The molecule has 0 radical (unpaired) electrons. The van der Waals surface area contributed by atoms with Crippen molar-refractivity contribution in [1.29, 1.82) is 0 Å². The van der Waals surface area contributed by atoms with Crippen LogP contribution in [-0.2, 0) is 16.0 Å². The van der Waals surface area contributed by atoms with Gasteiger partial charge in [-0.3, -0.25) is 9.59 Å². The molecule has 1 atom stereocenters. The number of benzene rings is 2. The van der Waals surface area contributed by atoms with Crippen LogP contribution in [0.1, 0.15) is 44.6 Å². The molecule has 1 saturated heterocycles. The molecule has 1 aliphatic heterocycles. The Kier molecular flexibility index (Phi) is 7.85. The summed E-state index contributed by atoms with van der Waals surface area (Å²) in [5, 5.41) is 12.1. The highest BCUT2D eigenvalue weighted by atomic mass is 16.5. The molecule has 160 valence electrons. The molecule has 3 rings (SSSR count). The van der Waals surface area contributed by atoms with Gasteiger partial charge in [0, 0.05) is 12.3 Å². The summed E-state index contributed by atoms with van der Waals surface area (Å²) in [5.74, 6) is 0.266. The molecule has 1 heterocycles. The van der Waals surface area contributed by atoms with Gasteiger partial charge in [-0.05, 0) is 54.8 Å². The number of amides is 2. The third-order valence-corrected chi connectivity index (χ3v) is 5.20. The molecule has 2 aromatic carbocycles. The van der Waals surface area contributed by atoms with Crippen molar-refractivity contribution in [1.82, 2.24) is 0 Å². The number of carbonyl (C=O) groups excluding carboxylic acids is 2. The van der Waals surface area contributed by atoms with Gasteiger partial charge in [-0.25, -0.2) is 4.90 Å². The summed E-state index contributed by atoms with van der Waals surface area (Å²) in [6.07, 6.45) is 5.29. The van der Waals surface area contributed by atoms with E-state index in [9.17, 15) is 9.59 Å². The van der Waals surface area contributed by atoms with Crippen LogP contribution in [0.15, 0.2) is 48.5 Å². The summed E-state index contributed by atoms with van der Waals surface area (Å²) in [5.41, 5.74) is 2.36. The Morgan fingerprint density at radius 2 is 1.77 bits per heavy atom. The first-order chi connectivity index (χ1) is 14.6. The SMILES string of the molecule is CCCCCCOc1ccc(N2C(=O)CC(Nc3ccc(CCO)cc3)C2=O)cc1. The van der Waals surface area contributed by atoms with Gasteiger partial charge in [0.2, 0.25) is 5.91 Å². The van der Waals surface area contributed by atoms with Gasteiger partial charge in [0.15, 0.2) is 0 Å². The lowest BCUT2D eigenvalue weighted by Gasteiger charge is -2.17. The Morgan fingerprint density at radius 1 is 1.03 bits per heavy atom. The van der Waals surface area contributed by atoms with Crippen molar-refractivity contribution in [3.05, 3.63) is 54.1 Å². The number of imide groups is 1. The van der Waals surface area contributed by atoms with Crippen molar-refractivity contribution in [3.63, 3.8) is 0 Å². The Hall–Kier alpha value is -2.86. The van der Waals surface area contributed by atoms with Gasteiger partial charge in [-0.2, -0.15) is 0 Å². The number of unbranched alkanes of at least 4 members (excludes halogenated alkanes) is 3. The molecule has 6 heteroatoms. The number of hydrogen-bond donors (Lipinski definition) is 2. The van der Waals surface area contributed by atoms with Gasteiger partial charge in [0.25, 0.3) is 5.91 Å². The van der Waals surface area contributed by atoms with Crippen LogP contribution in [0.2, 0.25) is 0 Å². The smallest absolute Gasteiger partial charge is 0.256 e. The molecule has 2 aromatic rings. The predicted molar refractivity (Wildman–Crippen MR) is 118 cm³/mol.